The van der Waals surface area contributed by atoms with Crippen LogP contribution < -0.4 is 10.9 Å². The van der Waals surface area contributed by atoms with Crippen LogP contribution in [0.5, 0.6) is 0 Å². The minimum atomic E-state index is -0.572. The van der Waals surface area contributed by atoms with Crippen molar-refractivity contribution in [2.75, 3.05) is 0 Å². The predicted molar refractivity (Wildman–Crippen MR) is 74.7 cm³/mol. The monoisotopic (exact) mass is 269 g/mol. The van der Waals surface area contributed by atoms with Crippen molar-refractivity contribution < 1.29 is 9.59 Å². The molecule has 0 aliphatic heterocycles. The first-order valence-corrected chi connectivity index (χ1v) is 6.20. The fourth-order valence-electron chi connectivity index (χ4n) is 1.77. The van der Waals surface area contributed by atoms with Gasteiger partial charge >= 0.3 is 0 Å². The van der Waals surface area contributed by atoms with Crippen molar-refractivity contribution in [1.82, 2.24) is 15.8 Å². The van der Waals surface area contributed by atoms with Crippen LogP contribution >= 0.6 is 0 Å². The van der Waals surface area contributed by atoms with E-state index in [0.717, 1.165) is 5.56 Å². The number of hydrazine groups is 1. The maximum Gasteiger partial charge on any atom is 0.266 e. The predicted octanol–water partition coefficient (Wildman–Crippen LogP) is 1.65. The average Bonchev–Trinajstić information content (AvgIpc) is 2.49. The Morgan fingerprint density at radius 2 is 1.85 bits per heavy atom. The van der Waals surface area contributed by atoms with Gasteiger partial charge < -0.3 is 0 Å². The van der Waals surface area contributed by atoms with Crippen LogP contribution in [0.2, 0.25) is 0 Å². The Kier molecular flexibility index (Phi) is 4.57. The fraction of sp³-hybridized carbons (Fsp3) is 0.133. The third kappa shape index (κ3) is 3.49. The molecular formula is C15H15N3O2. The molecule has 0 aliphatic rings. The quantitative estimate of drug-likeness (QED) is 0.810. The van der Waals surface area contributed by atoms with Crippen LogP contribution in [0.3, 0.4) is 0 Å². The summed E-state index contributed by atoms with van der Waals surface area (Å²) in [6, 6.07) is 12.0. The molecule has 5 heteroatoms. The molecule has 0 saturated heterocycles. The Morgan fingerprint density at radius 1 is 1.10 bits per heavy atom. The summed E-state index contributed by atoms with van der Waals surface area (Å²) in [6.45, 7) is 1.47. The normalized spacial score (nSPS) is 11.7. The number of pyridine rings is 1. The van der Waals surface area contributed by atoms with Crippen LogP contribution in [0.25, 0.3) is 0 Å². The molecule has 0 saturated carbocycles. The van der Waals surface area contributed by atoms with Crippen molar-refractivity contribution in [1.29, 1.82) is 0 Å². The van der Waals surface area contributed by atoms with Crippen LogP contribution in [0.15, 0.2) is 54.9 Å². The molecule has 2 N–H and O–H groups in total. The maximum atomic E-state index is 11.9. The highest BCUT2D eigenvalue weighted by molar-refractivity contribution is 5.93. The summed E-state index contributed by atoms with van der Waals surface area (Å²) in [5.74, 6) is -0.414. The molecule has 1 amide bonds. The molecule has 1 atom stereocenters. The van der Waals surface area contributed by atoms with Gasteiger partial charge in [0.2, 0.25) is 0 Å². The molecule has 0 bridgehead atoms. The third-order valence-electron chi connectivity index (χ3n) is 2.79. The van der Waals surface area contributed by atoms with E-state index in [1.165, 1.54) is 13.1 Å². The fourth-order valence-corrected chi connectivity index (χ4v) is 1.77. The van der Waals surface area contributed by atoms with Crippen molar-refractivity contribution in [3.8, 4) is 0 Å². The number of hydrogen-bond acceptors (Lipinski definition) is 4. The van der Waals surface area contributed by atoms with Gasteiger partial charge in [-0.1, -0.05) is 30.3 Å². The molecule has 0 spiro atoms. The summed E-state index contributed by atoms with van der Waals surface area (Å²) in [5.41, 5.74) is 6.51. The molecule has 1 unspecified atom stereocenters. The minimum absolute atomic E-state index is 0.0808. The highest BCUT2D eigenvalue weighted by atomic mass is 16.2. The molecular weight excluding hydrogens is 254 g/mol. The number of aromatic nitrogens is 1. The van der Waals surface area contributed by atoms with Crippen LogP contribution in [0, 0.1) is 0 Å². The molecule has 0 radical (unpaired) electrons. The first kappa shape index (κ1) is 13.9. The van der Waals surface area contributed by atoms with E-state index >= 15 is 0 Å². The number of rotatable bonds is 5. The Labute approximate surface area is 117 Å². The summed E-state index contributed by atoms with van der Waals surface area (Å²) in [6.07, 6.45) is 3.05. The van der Waals surface area contributed by atoms with Crippen LogP contribution in [0.1, 0.15) is 28.9 Å². The molecule has 1 aromatic carbocycles. The zero-order valence-corrected chi connectivity index (χ0v) is 11.0. The second-order valence-electron chi connectivity index (χ2n) is 4.29. The zero-order chi connectivity index (χ0) is 14.4. The third-order valence-corrected chi connectivity index (χ3v) is 2.79. The number of benzene rings is 1. The van der Waals surface area contributed by atoms with Crippen molar-refractivity contribution in [3.05, 3.63) is 66.0 Å². The van der Waals surface area contributed by atoms with Crippen LogP contribution in [0.4, 0.5) is 0 Å². The number of hydrogen-bond donors (Lipinski definition) is 2. The molecule has 1 aromatic heterocycles. The van der Waals surface area contributed by atoms with Crippen molar-refractivity contribution in [2.45, 2.75) is 13.0 Å². The van der Waals surface area contributed by atoms with Gasteiger partial charge in [-0.2, -0.15) is 0 Å². The van der Waals surface area contributed by atoms with E-state index in [1.54, 1.807) is 18.3 Å². The van der Waals surface area contributed by atoms with Gasteiger partial charge in [-0.3, -0.25) is 20.0 Å². The highest BCUT2D eigenvalue weighted by Gasteiger charge is 2.17. The summed E-state index contributed by atoms with van der Waals surface area (Å²) < 4.78 is 0. The summed E-state index contributed by atoms with van der Waals surface area (Å²) >= 11 is 0. The Hall–Kier alpha value is -2.53. The number of carbonyl (C=O) groups excluding carboxylic acids is 2. The molecule has 2 aromatic rings. The lowest BCUT2D eigenvalue weighted by atomic mass is 10.0. The van der Waals surface area contributed by atoms with Gasteiger partial charge in [0.15, 0.2) is 5.78 Å². The van der Waals surface area contributed by atoms with Crippen LogP contribution in [-0.2, 0) is 4.79 Å². The van der Waals surface area contributed by atoms with Gasteiger partial charge in [0, 0.05) is 12.4 Å². The highest BCUT2D eigenvalue weighted by Crippen LogP contribution is 2.12. The number of nitrogens with one attached hydrogen (secondary N) is 2. The lowest BCUT2D eigenvalue weighted by Crippen LogP contribution is -2.42. The van der Waals surface area contributed by atoms with Gasteiger partial charge in [-0.25, -0.2) is 5.43 Å². The number of carbonyl (C=O) groups is 2. The summed E-state index contributed by atoms with van der Waals surface area (Å²) in [7, 11) is 0. The van der Waals surface area contributed by atoms with E-state index in [4.69, 9.17) is 0 Å². The van der Waals surface area contributed by atoms with E-state index in [0.29, 0.717) is 5.56 Å². The van der Waals surface area contributed by atoms with Crippen molar-refractivity contribution in [2.24, 2.45) is 0 Å². The van der Waals surface area contributed by atoms with E-state index in [1.807, 2.05) is 30.3 Å². The topological polar surface area (TPSA) is 71.1 Å². The van der Waals surface area contributed by atoms with Crippen LogP contribution in [-0.4, -0.2) is 16.7 Å². The summed E-state index contributed by atoms with van der Waals surface area (Å²) in [5, 5.41) is 0. The lowest BCUT2D eigenvalue weighted by Gasteiger charge is -2.16. The lowest BCUT2D eigenvalue weighted by molar-refractivity contribution is -0.119. The first-order valence-electron chi connectivity index (χ1n) is 6.20. The van der Waals surface area contributed by atoms with Crippen molar-refractivity contribution >= 4 is 11.7 Å². The Balaban J connectivity index is 2.04. The van der Waals surface area contributed by atoms with Gasteiger partial charge in [-0.05, 0) is 24.6 Å². The molecule has 1 heterocycles. The second-order valence-corrected chi connectivity index (χ2v) is 4.29. The summed E-state index contributed by atoms with van der Waals surface area (Å²) in [4.78, 5) is 27.4. The Bertz CT molecular complexity index is 585. The maximum absolute atomic E-state index is 11.9. The Morgan fingerprint density at radius 3 is 2.45 bits per heavy atom. The zero-order valence-electron chi connectivity index (χ0n) is 11.0. The number of nitrogens with zero attached hydrogens (tertiary/aromatic N) is 1. The average molecular weight is 269 g/mol. The molecule has 5 nitrogen and oxygen atoms in total. The molecule has 20 heavy (non-hydrogen) atoms. The molecule has 0 aliphatic carbocycles. The number of ketones is 1. The van der Waals surface area contributed by atoms with Crippen molar-refractivity contribution in [3.63, 3.8) is 0 Å². The van der Waals surface area contributed by atoms with Gasteiger partial charge in [0.1, 0.15) is 6.04 Å². The van der Waals surface area contributed by atoms with E-state index in [9.17, 15) is 9.59 Å². The molecule has 2 rings (SSSR count). The SMILES string of the molecule is CC(=O)C(NNC(=O)c1cccnc1)c1ccccc1. The molecule has 0 fully saturated rings. The smallest absolute Gasteiger partial charge is 0.266 e. The second kappa shape index (κ2) is 6.58. The van der Waals surface area contributed by atoms with E-state index < -0.39 is 6.04 Å². The molecule has 102 valence electrons. The minimum Gasteiger partial charge on any atom is -0.298 e. The number of Topliss-reactive ketones (excluding diaryl/α,β-unsaturated/α-hetero) is 1. The standard InChI is InChI=1S/C15H15N3O2/c1-11(19)14(12-6-3-2-4-7-12)17-18-15(20)13-8-5-9-16-10-13/h2-10,14,17H,1H3,(H,18,20). The first-order chi connectivity index (χ1) is 9.68. The van der Waals surface area contributed by atoms with E-state index in [-0.39, 0.29) is 11.7 Å². The van der Waals surface area contributed by atoms with E-state index in [2.05, 4.69) is 15.8 Å². The van der Waals surface area contributed by atoms with Gasteiger partial charge in [0.25, 0.3) is 5.91 Å². The largest absolute Gasteiger partial charge is 0.298 e. The van der Waals surface area contributed by atoms with Gasteiger partial charge in [-0.15, -0.1) is 0 Å². The number of amides is 1. The van der Waals surface area contributed by atoms with Gasteiger partial charge in [0.05, 0.1) is 5.56 Å².